The standard InChI is InChI=1S/C5H10NO2/c1-3-6-4(2)5(7)8/h4H,3H2,1-2H3,(H,7,8). The molecule has 8 heavy (non-hydrogen) atoms. The highest BCUT2D eigenvalue weighted by molar-refractivity contribution is 5.72. The third-order valence-electron chi connectivity index (χ3n) is 0.814. The molecule has 0 aliphatic rings. The minimum atomic E-state index is -0.855. The highest BCUT2D eigenvalue weighted by atomic mass is 16.4. The van der Waals surface area contributed by atoms with E-state index in [1.54, 1.807) is 6.92 Å². The lowest BCUT2D eigenvalue weighted by molar-refractivity contribution is -0.139. The first-order valence-electron chi connectivity index (χ1n) is 2.58. The fourth-order valence-electron chi connectivity index (χ4n) is 0.352. The molecular weight excluding hydrogens is 106 g/mol. The molecule has 0 saturated heterocycles. The van der Waals surface area contributed by atoms with E-state index >= 15 is 0 Å². The van der Waals surface area contributed by atoms with Crippen molar-refractivity contribution in [3.8, 4) is 0 Å². The van der Waals surface area contributed by atoms with Crippen LogP contribution in [-0.2, 0) is 4.79 Å². The summed E-state index contributed by atoms with van der Waals surface area (Å²) in [5.74, 6) is -0.855. The van der Waals surface area contributed by atoms with Crippen molar-refractivity contribution in [2.75, 3.05) is 6.54 Å². The maximum atomic E-state index is 10.00. The molecule has 0 bridgehead atoms. The van der Waals surface area contributed by atoms with Gasteiger partial charge in [-0.15, -0.1) is 0 Å². The van der Waals surface area contributed by atoms with Gasteiger partial charge in [-0.25, -0.2) is 5.32 Å². The Morgan fingerprint density at radius 2 is 2.38 bits per heavy atom. The monoisotopic (exact) mass is 116 g/mol. The van der Waals surface area contributed by atoms with Crippen LogP contribution >= 0.6 is 0 Å². The summed E-state index contributed by atoms with van der Waals surface area (Å²) in [6.07, 6.45) is 0. The van der Waals surface area contributed by atoms with E-state index in [9.17, 15) is 4.79 Å². The number of carboxylic acid groups (broad SMARTS) is 1. The molecule has 3 heteroatoms. The summed E-state index contributed by atoms with van der Waals surface area (Å²) in [6, 6.07) is -0.542. The van der Waals surface area contributed by atoms with E-state index in [4.69, 9.17) is 5.11 Å². The highest BCUT2D eigenvalue weighted by Crippen LogP contribution is 1.80. The van der Waals surface area contributed by atoms with Gasteiger partial charge in [0.25, 0.3) is 0 Å². The molecule has 0 aromatic carbocycles. The first-order chi connectivity index (χ1) is 3.68. The van der Waals surface area contributed by atoms with Crippen LogP contribution in [0.15, 0.2) is 0 Å². The van der Waals surface area contributed by atoms with Gasteiger partial charge in [0.15, 0.2) is 0 Å². The molecule has 1 N–H and O–H groups in total. The van der Waals surface area contributed by atoms with Crippen LogP contribution < -0.4 is 5.32 Å². The van der Waals surface area contributed by atoms with Crippen LogP contribution in [0, 0.1) is 0 Å². The smallest absolute Gasteiger partial charge is 0.322 e. The van der Waals surface area contributed by atoms with Crippen molar-refractivity contribution in [3.05, 3.63) is 0 Å². The van der Waals surface area contributed by atoms with E-state index in [0.717, 1.165) is 0 Å². The summed E-state index contributed by atoms with van der Waals surface area (Å²) < 4.78 is 0. The second kappa shape index (κ2) is 3.43. The highest BCUT2D eigenvalue weighted by Gasteiger charge is 2.07. The van der Waals surface area contributed by atoms with Crippen LogP contribution in [0.3, 0.4) is 0 Å². The topological polar surface area (TPSA) is 51.4 Å². The third kappa shape index (κ3) is 2.58. The van der Waals surface area contributed by atoms with Gasteiger partial charge in [0.1, 0.15) is 6.04 Å². The molecule has 0 fully saturated rings. The lowest BCUT2D eigenvalue weighted by Gasteiger charge is -2.01. The molecule has 47 valence electrons. The van der Waals surface area contributed by atoms with E-state index < -0.39 is 12.0 Å². The summed E-state index contributed by atoms with van der Waals surface area (Å²) in [5.41, 5.74) is 0. The lowest BCUT2D eigenvalue weighted by Crippen LogP contribution is -2.27. The van der Waals surface area contributed by atoms with Crippen LogP contribution in [0.2, 0.25) is 0 Å². The maximum Gasteiger partial charge on any atom is 0.322 e. The Kier molecular flexibility index (Phi) is 3.19. The Labute approximate surface area is 48.7 Å². The Hall–Kier alpha value is -0.570. The normalized spacial score (nSPS) is 13.2. The van der Waals surface area contributed by atoms with Crippen molar-refractivity contribution in [2.24, 2.45) is 0 Å². The van der Waals surface area contributed by atoms with Crippen LogP contribution in [0.25, 0.3) is 0 Å². The Balaban J connectivity index is 3.32. The van der Waals surface area contributed by atoms with Gasteiger partial charge in [-0.3, -0.25) is 4.79 Å². The zero-order valence-corrected chi connectivity index (χ0v) is 5.09. The second-order valence-electron chi connectivity index (χ2n) is 1.51. The van der Waals surface area contributed by atoms with Crippen molar-refractivity contribution in [2.45, 2.75) is 19.9 Å². The molecule has 0 amide bonds. The molecule has 0 saturated carbocycles. The molecule has 3 nitrogen and oxygen atoms in total. The van der Waals surface area contributed by atoms with Gasteiger partial charge in [0.05, 0.1) is 0 Å². The van der Waals surface area contributed by atoms with Crippen molar-refractivity contribution >= 4 is 5.97 Å². The number of hydrogen-bond donors (Lipinski definition) is 1. The predicted molar refractivity (Wildman–Crippen MR) is 29.8 cm³/mol. The molecule has 0 rings (SSSR count). The van der Waals surface area contributed by atoms with Gasteiger partial charge in [0, 0.05) is 6.54 Å². The van der Waals surface area contributed by atoms with Gasteiger partial charge < -0.3 is 5.11 Å². The molecule has 1 unspecified atom stereocenters. The van der Waals surface area contributed by atoms with Gasteiger partial charge in [-0.2, -0.15) is 0 Å². The summed E-state index contributed by atoms with van der Waals surface area (Å²) in [4.78, 5) is 10.00. The maximum absolute atomic E-state index is 10.00. The lowest BCUT2D eigenvalue weighted by atomic mass is 10.3. The fourth-order valence-corrected chi connectivity index (χ4v) is 0.352. The Morgan fingerprint density at radius 3 is 2.50 bits per heavy atom. The average molecular weight is 116 g/mol. The van der Waals surface area contributed by atoms with Crippen molar-refractivity contribution in [1.29, 1.82) is 0 Å². The van der Waals surface area contributed by atoms with Gasteiger partial charge in [0.2, 0.25) is 0 Å². The van der Waals surface area contributed by atoms with Crippen LogP contribution in [0.5, 0.6) is 0 Å². The number of aliphatic carboxylic acids is 1. The zero-order valence-electron chi connectivity index (χ0n) is 5.09. The molecule has 1 radical (unpaired) electrons. The van der Waals surface area contributed by atoms with Crippen molar-refractivity contribution in [3.63, 3.8) is 0 Å². The number of hydrogen-bond acceptors (Lipinski definition) is 1. The molecule has 0 aromatic heterocycles. The molecule has 0 spiro atoms. The number of carboxylic acids is 1. The van der Waals surface area contributed by atoms with Crippen LogP contribution in [-0.4, -0.2) is 23.7 Å². The average Bonchev–Trinajstić information content (AvgIpc) is 1.67. The number of likely N-dealkylation sites (N-methyl/N-ethyl adjacent to an activating group) is 1. The van der Waals surface area contributed by atoms with Crippen molar-refractivity contribution in [1.82, 2.24) is 5.32 Å². The summed E-state index contributed by atoms with van der Waals surface area (Å²) in [5, 5.41) is 11.9. The summed E-state index contributed by atoms with van der Waals surface area (Å²) in [6.45, 7) is 3.96. The zero-order chi connectivity index (χ0) is 6.57. The van der Waals surface area contributed by atoms with E-state index in [1.165, 1.54) is 0 Å². The van der Waals surface area contributed by atoms with E-state index in [2.05, 4.69) is 5.32 Å². The number of rotatable bonds is 3. The molecule has 1 atom stereocenters. The predicted octanol–water partition coefficient (Wildman–Crippen LogP) is 0.0838. The summed E-state index contributed by atoms with van der Waals surface area (Å²) >= 11 is 0. The third-order valence-corrected chi connectivity index (χ3v) is 0.814. The SMILES string of the molecule is CC[N]C(C)C(=O)O. The van der Waals surface area contributed by atoms with Gasteiger partial charge in [-0.05, 0) is 6.92 Å². The van der Waals surface area contributed by atoms with E-state index in [1.807, 2.05) is 6.92 Å². The molecular formula is C5H10NO2. The number of nitrogens with zero attached hydrogens (tertiary/aromatic N) is 1. The van der Waals surface area contributed by atoms with Crippen LogP contribution in [0.1, 0.15) is 13.8 Å². The quantitative estimate of drug-likeness (QED) is 0.567. The number of carbonyl (C=O) groups is 1. The first-order valence-corrected chi connectivity index (χ1v) is 2.58. The van der Waals surface area contributed by atoms with Gasteiger partial charge in [-0.1, -0.05) is 6.92 Å². The van der Waals surface area contributed by atoms with E-state index in [-0.39, 0.29) is 0 Å². The molecule has 0 aromatic rings. The molecule has 0 aliphatic heterocycles. The summed E-state index contributed by atoms with van der Waals surface area (Å²) in [7, 11) is 0. The first kappa shape index (κ1) is 7.43. The molecule has 0 aliphatic carbocycles. The minimum Gasteiger partial charge on any atom is -0.480 e. The fraction of sp³-hybridized carbons (Fsp3) is 0.800. The minimum absolute atomic E-state index is 0.542. The van der Waals surface area contributed by atoms with Crippen LogP contribution in [0.4, 0.5) is 0 Å². The molecule has 0 heterocycles. The second-order valence-corrected chi connectivity index (χ2v) is 1.51. The Morgan fingerprint density at radius 1 is 1.88 bits per heavy atom. The van der Waals surface area contributed by atoms with Crippen molar-refractivity contribution < 1.29 is 9.90 Å². The largest absolute Gasteiger partial charge is 0.480 e. The Bertz CT molecular complexity index is 82.5. The van der Waals surface area contributed by atoms with Gasteiger partial charge >= 0.3 is 5.97 Å². The van der Waals surface area contributed by atoms with E-state index in [0.29, 0.717) is 6.54 Å².